The number of hydrogen-bond donors (Lipinski definition) is 0. The summed E-state index contributed by atoms with van der Waals surface area (Å²) in [5.74, 6) is 0. The van der Waals surface area contributed by atoms with Crippen LogP contribution in [0.15, 0.2) is 196 Å². The van der Waals surface area contributed by atoms with E-state index in [1.54, 1.807) is 0 Å². The summed E-state index contributed by atoms with van der Waals surface area (Å²) in [6.45, 7) is 11.2. The van der Waals surface area contributed by atoms with Crippen molar-refractivity contribution in [3.63, 3.8) is 0 Å². The summed E-state index contributed by atoms with van der Waals surface area (Å²) in [6, 6.07) is 43.1. The Labute approximate surface area is 305 Å². The van der Waals surface area contributed by atoms with Crippen LogP contribution in [0.1, 0.15) is 82.6 Å². The van der Waals surface area contributed by atoms with Gasteiger partial charge in [0.2, 0.25) is 0 Å². The molecule has 2 aliphatic rings. The van der Waals surface area contributed by atoms with E-state index >= 15 is 0 Å². The summed E-state index contributed by atoms with van der Waals surface area (Å²) in [5.41, 5.74) is 18.8. The number of benzene rings is 4. The molecule has 0 radical (unpaired) electrons. The largest absolute Gasteiger partial charge is 0.248 e. The first-order chi connectivity index (χ1) is 25.0. The molecule has 6 rings (SSSR count). The lowest BCUT2D eigenvalue weighted by Gasteiger charge is -2.14. The average Bonchev–Trinajstić information content (AvgIpc) is 3.85. The van der Waals surface area contributed by atoms with Crippen LogP contribution >= 0.6 is 0 Å². The molecule has 1 heterocycles. The summed E-state index contributed by atoms with van der Waals surface area (Å²) >= 11 is 0. The molecule has 0 amide bonds. The van der Waals surface area contributed by atoms with Gasteiger partial charge in [0.15, 0.2) is 0 Å². The van der Waals surface area contributed by atoms with Crippen LogP contribution in [0, 0.1) is 0 Å². The van der Waals surface area contributed by atoms with Crippen molar-refractivity contribution in [3.8, 4) is 0 Å². The highest BCUT2D eigenvalue weighted by Gasteiger charge is 2.22. The van der Waals surface area contributed by atoms with E-state index in [9.17, 15) is 0 Å². The van der Waals surface area contributed by atoms with Gasteiger partial charge in [-0.15, -0.1) is 0 Å². The average molecular weight is 664 g/mol. The molecule has 1 heteroatoms. The number of allylic oxidation sites excluding steroid dienone is 15. The van der Waals surface area contributed by atoms with Crippen molar-refractivity contribution in [2.75, 3.05) is 0 Å². The molecule has 0 fully saturated rings. The predicted octanol–water partition coefficient (Wildman–Crippen LogP) is 13.9. The van der Waals surface area contributed by atoms with Gasteiger partial charge in [0.1, 0.15) is 0 Å². The van der Waals surface area contributed by atoms with Crippen LogP contribution in [0.5, 0.6) is 0 Å². The van der Waals surface area contributed by atoms with E-state index in [4.69, 9.17) is 4.99 Å². The lowest BCUT2D eigenvalue weighted by molar-refractivity contribution is 1.10. The fourth-order valence-electron chi connectivity index (χ4n) is 7.29. The van der Waals surface area contributed by atoms with E-state index in [0.717, 1.165) is 37.1 Å². The monoisotopic (exact) mass is 663 g/mol. The Balaban J connectivity index is 1.39. The van der Waals surface area contributed by atoms with E-state index in [1.165, 1.54) is 72.4 Å². The molecule has 0 atom stereocenters. The predicted molar refractivity (Wildman–Crippen MR) is 222 cm³/mol. The zero-order valence-electron chi connectivity index (χ0n) is 30.8. The van der Waals surface area contributed by atoms with Crippen LogP contribution in [-0.2, 0) is 0 Å². The first-order valence-electron chi connectivity index (χ1n) is 18.4. The maximum atomic E-state index is 5.41. The molecule has 0 saturated carbocycles. The van der Waals surface area contributed by atoms with Gasteiger partial charge in [-0.2, -0.15) is 0 Å². The van der Waals surface area contributed by atoms with Crippen LogP contribution in [0.3, 0.4) is 0 Å². The van der Waals surface area contributed by atoms with Crippen molar-refractivity contribution in [3.05, 3.63) is 214 Å². The topological polar surface area (TPSA) is 12.4 Å². The second-order valence-corrected chi connectivity index (χ2v) is 13.3. The second-order valence-electron chi connectivity index (χ2n) is 13.3. The Kier molecular flexibility index (Phi) is 11.7. The number of hydrogen-bond acceptors (Lipinski definition) is 1. The van der Waals surface area contributed by atoms with E-state index in [1.807, 2.05) is 0 Å². The maximum Gasteiger partial charge on any atom is 0.0719 e. The smallest absolute Gasteiger partial charge is 0.0719 e. The van der Waals surface area contributed by atoms with Crippen molar-refractivity contribution in [2.24, 2.45) is 4.99 Å². The molecule has 51 heavy (non-hydrogen) atoms. The molecule has 254 valence electrons. The zero-order valence-corrected chi connectivity index (χ0v) is 30.8. The highest BCUT2D eigenvalue weighted by molar-refractivity contribution is 6.32. The fraction of sp³-hybridized carbons (Fsp3) is 0.180. The molecule has 0 aromatic heterocycles. The molecule has 1 nitrogen and oxygen atoms in total. The first kappa shape index (κ1) is 35.3. The molecule has 1 aliphatic carbocycles. The SMILES string of the molecule is CC/C(C)=C(/C(C)=C/CC=C(C)/C(=C1/C=CC(C(=C2C=C/C(=C(/CC)c3ccccc3)C/2)/c2ccccc2)=N1)c1ccccc1)c1ccccc1. The van der Waals surface area contributed by atoms with Gasteiger partial charge in [-0.3, -0.25) is 0 Å². The Hall–Kier alpha value is -5.53. The third-order valence-electron chi connectivity index (χ3n) is 9.98. The lowest BCUT2D eigenvalue weighted by Crippen LogP contribution is -2.01. The molecular formula is C50H49N. The molecule has 0 bridgehead atoms. The number of rotatable bonds is 11. The van der Waals surface area contributed by atoms with Crippen LogP contribution in [0.4, 0.5) is 0 Å². The van der Waals surface area contributed by atoms with Gasteiger partial charge in [-0.1, -0.05) is 165 Å². The lowest BCUT2D eigenvalue weighted by atomic mass is 9.92. The van der Waals surface area contributed by atoms with Crippen LogP contribution in [-0.4, -0.2) is 5.71 Å². The Bertz CT molecular complexity index is 2130. The summed E-state index contributed by atoms with van der Waals surface area (Å²) in [7, 11) is 0. The van der Waals surface area contributed by atoms with Gasteiger partial charge < -0.3 is 0 Å². The van der Waals surface area contributed by atoms with E-state index in [0.29, 0.717) is 0 Å². The molecule has 0 unspecified atom stereocenters. The minimum atomic E-state index is 0.843. The molecule has 1 aliphatic heterocycles. The Morgan fingerprint density at radius 3 is 1.67 bits per heavy atom. The van der Waals surface area contributed by atoms with Crippen LogP contribution in [0.2, 0.25) is 0 Å². The summed E-state index contributed by atoms with van der Waals surface area (Å²) in [6.07, 6.45) is 17.5. The van der Waals surface area contributed by atoms with Crippen molar-refractivity contribution in [2.45, 2.75) is 60.3 Å². The van der Waals surface area contributed by atoms with Crippen LogP contribution in [0.25, 0.3) is 22.3 Å². The quantitative estimate of drug-likeness (QED) is 0.142. The standard InChI is InChI=1S/C50H49N/c1-6-36(3)48(40-25-14-9-15-26-40)37(4)21-20-22-38(5)49(41-27-16-10-17-28-41)46-33-34-47(51-46)50(42-29-18-11-19-30-42)44-32-31-43(35-44)45(7-2)39-23-12-8-13-24-39/h8-19,21-34H,6-7,20,35H2,1-5H3/b37-21+,38-22?,45-43+,48-36-,49-46+,50-44-. The molecule has 0 N–H and O–H groups in total. The van der Waals surface area contributed by atoms with Gasteiger partial charge in [-0.05, 0) is 114 Å². The van der Waals surface area contributed by atoms with E-state index < -0.39 is 0 Å². The Morgan fingerprint density at radius 1 is 0.549 bits per heavy atom. The first-order valence-corrected chi connectivity index (χ1v) is 18.4. The highest BCUT2D eigenvalue weighted by atomic mass is 14.8. The number of nitrogens with zero attached hydrogens (tertiary/aromatic N) is 1. The maximum absolute atomic E-state index is 5.41. The third-order valence-corrected chi connectivity index (χ3v) is 9.98. The normalized spacial score (nSPS) is 18.1. The van der Waals surface area contributed by atoms with Crippen molar-refractivity contribution in [1.29, 1.82) is 0 Å². The molecule has 4 aromatic carbocycles. The van der Waals surface area contributed by atoms with Gasteiger partial charge in [0.25, 0.3) is 0 Å². The van der Waals surface area contributed by atoms with Gasteiger partial charge in [0.05, 0.1) is 11.4 Å². The van der Waals surface area contributed by atoms with Crippen LogP contribution < -0.4 is 0 Å². The van der Waals surface area contributed by atoms with Crippen molar-refractivity contribution in [1.82, 2.24) is 0 Å². The van der Waals surface area contributed by atoms with Crippen molar-refractivity contribution >= 4 is 28.0 Å². The molecule has 0 spiro atoms. The highest BCUT2D eigenvalue weighted by Crippen LogP contribution is 2.39. The summed E-state index contributed by atoms with van der Waals surface area (Å²) in [5, 5.41) is 0. The van der Waals surface area contributed by atoms with E-state index in [-0.39, 0.29) is 0 Å². The minimum Gasteiger partial charge on any atom is -0.248 e. The van der Waals surface area contributed by atoms with Gasteiger partial charge >= 0.3 is 0 Å². The Morgan fingerprint density at radius 2 is 1.08 bits per heavy atom. The van der Waals surface area contributed by atoms with E-state index in [2.05, 4.69) is 192 Å². The third kappa shape index (κ3) is 8.27. The summed E-state index contributed by atoms with van der Waals surface area (Å²) < 4.78 is 0. The van der Waals surface area contributed by atoms with Gasteiger partial charge in [-0.25, -0.2) is 4.99 Å². The zero-order chi connectivity index (χ0) is 35.6. The molecular weight excluding hydrogens is 615 g/mol. The van der Waals surface area contributed by atoms with Crippen molar-refractivity contribution < 1.29 is 0 Å². The summed E-state index contributed by atoms with van der Waals surface area (Å²) in [4.78, 5) is 5.41. The van der Waals surface area contributed by atoms with Gasteiger partial charge in [0, 0.05) is 11.1 Å². The molecule has 0 saturated heterocycles. The number of aliphatic imine (C=N–C) groups is 1. The minimum absolute atomic E-state index is 0.843. The second kappa shape index (κ2) is 16.9. The molecule has 4 aromatic rings. The fourth-order valence-corrected chi connectivity index (χ4v) is 7.29.